The highest BCUT2D eigenvalue weighted by Crippen LogP contribution is 2.36. The van der Waals surface area contributed by atoms with E-state index >= 15 is 0 Å². The first-order chi connectivity index (χ1) is 15.1. The highest BCUT2D eigenvalue weighted by molar-refractivity contribution is 7.38. The monoisotopic (exact) mass is 452 g/mol. The molecule has 0 amide bonds. The van der Waals surface area contributed by atoms with Crippen molar-refractivity contribution in [1.82, 2.24) is 20.2 Å². The van der Waals surface area contributed by atoms with Crippen molar-refractivity contribution >= 4 is 36.7 Å². The molecule has 5 rings (SSSR count). The molecule has 5 nitrogen and oxygen atoms in total. The molecule has 0 spiro atoms. The van der Waals surface area contributed by atoms with Crippen LogP contribution in [-0.2, 0) is 0 Å². The lowest BCUT2D eigenvalue weighted by Gasteiger charge is -2.34. The fraction of sp³-hybridized carbons (Fsp3) is 0.292. The highest BCUT2D eigenvalue weighted by Gasteiger charge is 2.20. The minimum Gasteiger partial charge on any atom is -0.495 e. The first kappa shape index (κ1) is 20.6. The average Bonchev–Trinajstić information content (AvgIpc) is 3.22. The van der Waals surface area contributed by atoms with Crippen LogP contribution in [0.5, 0.6) is 5.75 Å². The number of H-pyrrole nitrogens is 1. The Balaban J connectivity index is 1.44. The van der Waals surface area contributed by atoms with Crippen molar-refractivity contribution in [1.29, 1.82) is 0 Å². The van der Waals surface area contributed by atoms with E-state index < -0.39 is 0 Å². The normalized spacial score (nSPS) is 19.3. The summed E-state index contributed by atoms with van der Waals surface area (Å²) >= 11 is 6.67. The average molecular weight is 453 g/mol. The summed E-state index contributed by atoms with van der Waals surface area (Å²) in [5, 5.41) is 5.37. The van der Waals surface area contributed by atoms with Gasteiger partial charge in [0.1, 0.15) is 5.75 Å². The summed E-state index contributed by atoms with van der Waals surface area (Å²) in [6, 6.07) is 8.28. The SMILES string of the molecule is COc1cnc(C)c(-c2cc3cc(C4=CNC(N5CCPCC5)C=C4)[nH]c3cc2Cl)c1. The standard InChI is InChI=1S/C24H26ClN4OP/c1-15-19(11-18(30-2)14-26-15)20-9-17-10-22(28-23(17)12-21(20)25)16-3-4-24(27-13-16)29-5-7-31-8-6-29/h3-4,9-14,24,27-28,31H,5-8H2,1-2H3. The molecule has 160 valence electrons. The fourth-order valence-corrected chi connectivity index (χ4v) is 5.65. The maximum absolute atomic E-state index is 6.67. The second-order valence-electron chi connectivity index (χ2n) is 7.97. The number of allylic oxidation sites excluding steroid dienone is 2. The van der Waals surface area contributed by atoms with Gasteiger partial charge in [-0.25, -0.2) is 0 Å². The van der Waals surface area contributed by atoms with E-state index in [1.165, 1.54) is 25.4 Å². The maximum Gasteiger partial charge on any atom is 0.137 e. The molecule has 1 aromatic carbocycles. The molecule has 1 saturated heterocycles. The molecule has 3 aromatic rings. The molecule has 0 radical (unpaired) electrons. The molecular weight excluding hydrogens is 427 g/mol. The number of dihydropyridines is 1. The van der Waals surface area contributed by atoms with Gasteiger partial charge in [-0.3, -0.25) is 9.88 Å². The summed E-state index contributed by atoms with van der Waals surface area (Å²) < 4.78 is 5.36. The minimum atomic E-state index is 0.294. The summed E-state index contributed by atoms with van der Waals surface area (Å²) in [5.41, 5.74) is 6.10. The lowest BCUT2D eigenvalue weighted by molar-refractivity contribution is 0.232. The summed E-state index contributed by atoms with van der Waals surface area (Å²) in [6.45, 7) is 4.34. The molecule has 0 saturated carbocycles. The summed E-state index contributed by atoms with van der Waals surface area (Å²) in [6.07, 6.45) is 11.2. The number of hydrogen-bond donors (Lipinski definition) is 2. The van der Waals surface area contributed by atoms with Crippen LogP contribution in [0.1, 0.15) is 11.4 Å². The second-order valence-corrected chi connectivity index (χ2v) is 9.87. The topological polar surface area (TPSA) is 53.2 Å². The Hall–Kier alpha value is -2.33. The zero-order chi connectivity index (χ0) is 21.4. The van der Waals surface area contributed by atoms with Gasteiger partial charge < -0.3 is 15.0 Å². The van der Waals surface area contributed by atoms with Crippen molar-refractivity contribution in [3.8, 4) is 16.9 Å². The Morgan fingerprint density at radius 2 is 2.00 bits per heavy atom. The Labute approximate surface area is 189 Å². The van der Waals surface area contributed by atoms with Crippen molar-refractivity contribution in [3.05, 3.63) is 65.2 Å². The van der Waals surface area contributed by atoms with Crippen LogP contribution in [0.25, 0.3) is 27.6 Å². The molecule has 1 atom stereocenters. The number of aromatic nitrogens is 2. The molecule has 31 heavy (non-hydrogen) atoms. The third-order valence-corrected chi connectivity index (χ3v) is 7.49. The fourth-order valence-electron chi connectivity index (χ4n) is 4.24. The first-order valence-corrected chi connectivity index (χ1v) is 12.3. The van der Waals surface area contributed by atoms with Crippen molar-refractivity contribution in [2.75, 3.05) is 32.5 Å². The molecule has 2 aliphatic heterocycles. The van der Waals surface area contributed by atoms with Crippen LogP contribution in [0.2, 0.25) is 5.02 Å². The van der Waals surface area contributed by atoms with Crippen LogP contribution in [0, 0.1) is 6.92 Å². The van der Waals surface area contributed by atoms with Crippen molar-refractivity contribution in [3.63, 3.8) is 0 Å². The number of halogens is 1. The molecular formula is C24H26ClN4OP. The third kappa shape index (κ3) is 4.10. The van der Waals surface area contributed by atoms with Gasteiger partial charge in [0.25, 0.3) is 0 Å². The van der Waals surface area contributed by atoms with Gasteiger partial charge in [-0.2, -0.15) is 0 Å². The van der Waals surface area contributed by atoms with E-state index in [9.17, 15) is 0 Å². The number of benzene rings is 1. The van der Waals surface area contributed by atoms with Crippen molar-refractivity contribution in [2.24, 2.45) is 0 Å². The molecule has 7 heteroatoms. The lowest BCUT2D eigenvalue weighted by atomic mass is 10.0. The Morgan fingerprint density at radius 1 is 1.16 bits per heavy atom. The van der Waals surface area contributed by atoms with Crippen LogP contribution in [0.15, 0.2) is 48.8 Å². The smallest absolute Gasteiger partial charge is 0.137 e. The first-order valence-electron chi connectivity index (χ1n) is 10.6. The number of rotatable bonds is 4. The molecule has 1 fully saturated rings. The number of hydrogen-bond acceptors (Lipinski definition) is 4. The van der Waals surface area contributed by atoms with Gasteiger partial charge in [0, 0.05) is 58.3 Å². The molecule has 4 heterocycles. The predicted molar refractivity (Wildman–Crippen MR) is 131 cm³/mol. The summed E-state index contributed by atoms with van der Waals surface area (Å²) in [7, 11) is 2.77. The summed E-state index contributed by atoms with van der Waals surface area (Å²) in [4.78, 5) is 10.5. The zero-order valence-electron chi connectivity index (χ0n) is 17.7. The van der Waals surface area contributed by atoms with Crippen LogP contribution in [0.3, 0.4) is 0 Å². The largest absolute Gasteiger partial charge is 0.495 e. The minimum absolute atomic E-state index is 0.294. The van der Waals surface area contributed by atoms with E-state index in [4.69, 9.17) is 16.3 Å². The highest BCUT2D eigenvalue weighted by atomic mass is 35.5. The number of pyridine rings is 1. The molecule has 2 aromatic heterocycles. The van der Waals surface area contributed by atoms with Gasteiger partial charge in [0.2, 0.25) is 0 Å². The van der Waals surface area contributed by atoms with Gasteiger partial charge >= 0.3 is 0 Å². The molecule has 0 aliphatic carbocycles. The number of ether oxygens (including phenoxy) is 1. The third-order valence-electron chi connectivity index (χ3n) is 6.02. The second kappa shape index (κ2) is 8.66. The van der Waals surface area contributed by atoms with Crippen molar-refractivity contribution in [2.45, 2.75) is 13.1 Å². The van der Waals surface area contributed by atoms with Crippen LogP contribution in [-0.4, -0.2) is 53.6 Å². The van der Waals surface area contributed by atoms with E-state index in [0.717, 1.165) is 53.3 Å². The van der Waals surface area contributed by atoms with Gasteiger partial charge in [-0.1, -0.05) is 17.7 Å². The Morgan fingerprint density at radius 3 is 2.74 bits per heavy atom. The number of nitrogens with zero attached hydrogens (tertiary/aromatic N) is 2. The van der Waals surface area contributed by atoms with E-state index in [0.29, 0.717) is 11.2 Å². The predicted octanol–water partition coefficient (Wildman–Crippen LogP) is 5.02. The number of nitrogens with one attached hydrogen (secondary N) is 2. The Bertz CT molecular complexity index is 1180. The van der Waals surface area contributed by atoms with E-state index in [1.54, 1.807) is 13.3 Å². The molecule has 0 bridgehead atoms. The number of aryl methyl sites for hydroxylation is 1. The van der Waals surface area contributed by atoms with Gasteiger partial charge in [0.15, 0.2) is 0 Å². The molecule has 2 aliphatic rings. The Kier molecular flexibility index (Phi) is 5.75. The van der Waals surface area contributed by atoms with Gasteiger partial charge in [0.05, 0.1) is 24.5 Å². The van der Waals surface area contributed by atoms with Gasteiger partial charge in [-0.15, -0.1) is 8.58 Å². The number of fused-ring (bicyclic) bond motifs is 1. The number of methoxy groups -OCH3 is 1. The van der Waals surface area contributed by atoms with Gasteiger partial charge in [-0.05, 0) is 49.6 Å². The summed E-state index contributed by atoms with van der Waals surface area (Å²) in [5.74, 6) is 0.721. The lowest BCUT2D eigenvalue weighted by Crippen LogP contribution is -2.46. The van der Waals surface area contributed by atoms with Crippen LogP contribution in [0.4, 0.5) is 0 Å². The van der Waals surface area contributed by atoms with Crippen molar-refractivity contribution < 1.29 is 4.74 Å². The van der Waals surface area contributed by atoms with E-state index in [1.807, 2.05) is 19.1 Å². The molecule has 1 unspecified atom stereocenters. The quantitative estimate of drug-likeness (QED) is 0.546. The molecule has 2 N–H and O–H groups in total. The maximum atomic E-state index is 6.67. The van der Waals surface area contributed by atoms with Crippen LogP contribution >= 0.6 is 20.2 Å². The van der Waals surface area contributed by atoms with Crippen LogP contribution < -0.4 is 10.1 Å². The van der Waals surface area contributed by atoms with E-state index in [-0.39, 0.29) is 0 Å². The van der Waals surface area contributed by atoms with E-state index in [2.05, 4.69) is 50.7 Å². The zero-order valence-corrected chi connectivity index (χ0v) is 19.5. The number of aromatic amines is 1.